The summed E-state index contributed by atoms with van der Waals surface area (Å²) in [5.74, 6) is -0.158. The van der Waals surface area contributed by atoms with E-state index in [9.17, 15) is 18.0 Å². The zero-order valence-electron chi connectivity index (χ0n) is 17.7. The Morgan fingerprint density at radius 3 is 2.53 bits per heavy atom. The molecule has 0 saturated heterocycles. The lowest BCUT2D eigenvalue weighted by Crippen LogP contribution is -2.36. The van der Waals surface area contributed by atoms with Crippen molar-refractivity contribution < 1.29 is 18.0 Å². The van der Waals surface area contributed by atoms with Crippen LogP contribution in [-0.2, 0) is 40.3 Å². The van der Waals surface area contributed by atoms with E-state index in [0.717, 1.165) is 15.6 Å². The van der Waals surface area contributed by atoms with Crippen LogP contribution >= 0.6 is 0 Å². The number of para-hydroxylation sites is 1. The van der Waals surface area contributed by atoms with E-state index < -0.39 is 11.9 Å². The second-order valence-corrected chi connectivity index (χ2v) is 7.91. The van der Waals surface area contributed by atoms with Crippen LogP contribution in [0.5, 0.6) is 0 Å². The molecular weight excluding hydrogens is 423 g/mol. The minimum Gasteiger partial charge on any atom is -0.332 e. The normalized spacial score (nSPS) is 14.2. The van der Waals surface area contributed by atoms with Crippen molar-refractivity contribution in [1.29, 1.82) is 0 Å². The summed E-state index contributed by atoms with van der Waals surface area (Å²) in [4.78, 5) is 15.0. The first kappa shape index (κ1) is 20.3. The summed E-state index contributed by atoms with van der Waals surface area (Å²) in [6.07, 6.45) is -1.22. The Bertz CT molecular complexity index is 1360. The van der Waals surface area contributed by atoms with Gasteiger partial charge in [0.2, 0.25) is 0 Å². The van der Waals surface area contributed by atoms with Gasteiger partial charge in [-0.25, -0.2) is 0 Å². The number of alkyl halides is 3. The number of halogens is 3. The minimum absolute atomic E-state index is 0.00400. The molecule has 0 saturated carbocycles. The average Bonchev–Trinajstić information content (AvgIpc) is 3.40. The molecule has 166 valence electrons. The quantitative estimate of drug-likeness (QED) is 0.478. The lowest BCUT2D eigenvalue weighted by Gasteiger charge is -2.27. The van der Waals surface area contributed by atoms with E-state index in [1.54, 1.807) is 35.9 Å². The van der Waals surface area contributed by atoms with Crippen molar-refractivity contribution in [3.63, 3.8) is 0 Å². The molecule has 1 aliphatic rings. The van der Waals surface area contributed by atoms with E-state index in [2.05, 4.69) is 15.3 Å². The van der Waals surface area contributed by atoms with Crippen molar-refractivity contribution in [3.8, 4) is 11.3 Å². The number of carbonyl (C=O) groups is 1. The molecule has 0 bridgehead atoms. The monoisotopic (exact) mass is 443 g/mol. The molecule has 0 N–H and O–H groups in total. The Morgan fingerprint density at radius 1 is 1.03 bits per heavy atom. The average molecular weight is 443 g/mol. The Morgan fingerprint density at radius 2 is 1.78 bits per heavy atom. The zero-order chi connectivity index (χ0) is 22.8. The van der Waals surface area contributed by atoms with Crippen LogP contribution in [0, 0.1) is 0 Å². The number of nitrogens with zero attached hydrogens (tertiary/aromatic N) is 7. The van der Waals surface area contributed by atoms with Crippen LogP contribution in [0.25, 0.3) is 22.2 Å². The maximum atomic E-state index is 13.6. The molecule has 0 radical (unpaired) electrons. The van der Waals surface area contributed by atoms with E-state index in [4.69, 9.17) is 0 Å². The van der Waals surface area contributed by atoms with Gasteiger partial charge in [0, 0.05) is 38.6 Å². The fourth-order valence-corrected chi connectivity index (χ4v) is 4.55. The first-order chi connectivity index (χ1) is 15.2. The second kappa shape index (κ2) is 6.94. The number of rotatable bonds is 2. The molecule has 3 aromatic heterocycles. The first-order valence-corrected chi connectivity index (χ1v) is 10.0. The maximum Gasteiger partial charge on any atom is 0.433 e. The summed E-state index contributed by atoms with van der Waals surface area (Å²) < 4.78 is 44.9. The number of hydrogen-bond donors (Lipinski definition) is 0. The van der Waals surface area contributed by atoms with Crippen molar-refractivity contribution in [3.05, 3.63) is 53.1 Å². The van der Waals surface area contributed by atoms with Gasteiger partial charge < -0.3 is 4.90 Å². The topological polar surface area (TPSA) is 73.8 Å². The van der Waals surface area contributed by atoms with Crippen molar-refractivity contribution in [2.24, 2.45) is 21.1 Å². The highest BCUT2D eigenvalue weighted by molar-refractivity contribution is 6.05. The van der Waals surface area contributed by atoms with Gasteiger partial charge in [0.05, 0.1) is 47.0 Å². The Balaban J connectivity index is 1.52. The third kappa shape index (κ3) is 2.99. The number of hydrogen-bond acceptors (Lipinski definition) is 4. The Labute approximate surface area is 180 Å². The SMILES string of the molecule is Cn1nc2c(c1-c1cnn(C)c1C(F)(F)F)CCN(C(=O)c1cccc3cnn(C)c13)C2. The number of aryl methyl sites for hydroxylation is 3. The maximum absolute atomic E-state index is 13.6. The molecule has 1 amide bonds. The summed E-state index contributed by atoms with van der Waals surface area (Å²) >= 11 is 0. The van der Waals surface area contributed by atoms with Crippen molar-refractivity contribution in [1.82, 2.24) is 34.2 Å². The van der Waals surface area contributed by atoms with Crippen molar-refractivity contribution in [2.45, 2.75) is 19.1 Å². The molecule has 4 aromatic rings. The van der Waals surface area contributed by atoms with Crippen LogP contribution in [-0.4, -0.2) is 46.7 Å². The van der Waals surface area contributed by atoms with Gasteiger partial charge in [0.15, 0.2) is 5.69 Å². The molecule has 0 atom stereocenters. The van der Waals surface area contributed by atoms with Crippen LogP contribution < -0.4 is 0 Å². The highest BCUT2D eigenvalue weighted by Crippen LogP contribution is 2.39. The molecule has 0 spiro atoms. The molecule has 0 aliphatic carbocycles. The number of carbonyl (C=O) groups excluding carboxylic acids is 1. The van der Waals surface area contributed by atoms with Crippen molar-refractivity contribution in [2.75, 3.05) is 6.54 Å². The molecular formula is C21H20F3N7O. The van der Waals surface area contributed by atoms with Gasteiger partial charge in [-0.3, -0.25) is 18.8 Å². The summed E-state index contributed by atoms with van der Waals surface area (Å²) in [5, 5.41) is 13.4. The second-order valence-electron chi connectivity index (χ2n) is 7.91. The van der Waals surface area contributed by atoms with Crippen LogP contribution in [0.4, 0.5) is 13.2 Å². The van der Waals surface area contributed by atoms with Crippen LogP contribution in [0.2, 0.25) is 0 Å². The number of benzene rings is 1. The predicted molar refractivity (Wildman–Crippen MR) is 110 cm³/mol. The summed E-state index contributed by atoms with van der Waals surface area (Å²) in [6, 6.07) is 5.47. The van der Waals surface area contributed by atoms with E-state index in [-0.39, 0.29) is 18.0 Å². The van der Waals surface area contributed by atoms with Gasteiger partial charge in [0.1, 0.15) is 0 Å². The lowest BCUT2D eigenvalue weighted by atomic mass is 9.99. The standard InChI is InChI=1S/C21H20F3N7O/c1-28-17-12(9-25-28)5-4-6-14(17)20(32)31-8-7-13-16(11-31)27-29(2)18(13)15-10-26-30(3)19(15)21(22,23)24/h4-6,9-10H,7-8,11H2,1-3H3. The highest BCUT2D eigenvalue weighted by atomic mass is 19.4. The van der Waals surface area contributed by atoms with Gasteiger partial charge in [-0.2, -0.15) is 28.5 Å². The summed E-state index contributed by atoms with van der Waals surface area (Å²) in [7, 11) is 4.67. The van der Waals surface area contributed by atoms with Crippen LogP contribution in [0.3, 0.4) is 0 Å². The third-order valence-corrected chi connectivity index (χ3v) is 5.94. The number of aromatic nitrogens is 6. The zero-order valence-corrected chi connectivity index (χ0v) is 17.7. The van der Waals surface area contributed by atoms with Gasteiger partial charge >= 0.3 is 6.18 Å². The summed E-state index contributed by atoms with van der Waals surface area (Å²) in [6.45, 7) is 0.595. The molecule has 11 heteroatoms. The van der Waals surface area contributed by atoms with Gasteiger partial charge in [-0.1, -0.05) is 12.1 Å². The number of amides is 1. The third-order valence-electron chi connectivity index (χ3n) is 5.94. The molecule has 4 heterocycles. The fraction of sp³-hybridized carbons (Fsp3) is 0.333. The number of fused-ring (bicyclic) bond motifs is 2. The first-order valence-electron chi connectivity index (χ1n) is 10.0. The molecule has 1 aromatic carbocycles. The predicted octanol–water partition coefficient (Wildman–Crippen LogP) is 2.92. The largest absolute Gasteiger partial charge is 0.433 e. The molecule has 5 rings (SSSR count). The Hall–Kier alpha value is -3.63. The lowest BCUT2D eigenvalue weighted by molar-refractivity contribution is -0.143. The van der Waals surface area contributed by atoms with E-state index in [1.807, 2.05) is 12.1 Å². The molecule has 8 nitrogen and oxygen atoms in total. The minimum atomic E-state index is -4.55. The molecule has 0 unspecified atom stereocenters. The van der Waals surface area contributed by atoms with Gasteiger partial charge in [-0.15, -0.1) is 0 Å². The molecule has 32 heavy (non-hydrogen) atoms. The van der Waals surface area contributed by atoms with E-state index >= 15 is 0 Å². The molecule has 0 fully saturated rings. The summed E-state index contributed by atoms with van der Waals surface area (Å²) in [5.41, 5.74) is 2.16. The van der Waals surface area contributed by atoms with Crippen LogP contribution in [0.1, 0.15) is 27.3 Å². The Kier molecular flexibility index (Phi) is 4.40. The van der Waals surface area contributed by atoms with E-state index in [0.29, 0.717) is 35.5 Å². The van der Waals surface area contributed by atoms with Gasteiger partial charge in [0.25, 0.3) is 5.91 Å². The molecule has 1 aliphatic heterocycles. The highest BCUT2D eigenvalue weighted by Gasteiger charge is 2.40. The van der Waals surface area contributed by atoms with Gasteiger partial charge in [-0.05, 0) is 12.5 Å². The van der Waals surface area contributed by atoms with E-state index in [1.165, 1.54) is 17.9 Å². The van der Waals surface area contributed by atoms with Crippen LogP contribution in [0.15, 0.2) is 30.6 Å². The van der Waals surface area contributed by atoms with Crippen molar-refractivity contribution >= 4 is 16.8 Å². The smallest absolute Gasteiger partial charge is 0.332 e. The fourth-order valence-electron chi connectivity index (χ4n) is 4.55.